The van der Waals surface area contributed by atoms with E-state index < -0.39 is 17.5 Å². The van der Waals surface area contributed by atoms with Crippen LogP contribution in [0.1, 0.15) is 43.4 Å². The molecule has 2 saturated heterocycles. The zero-order valence-corrected chi connectivity index (χ0v) is 19.6. The summed E-state index contributed by atoms with van der Waals surface area (Å²) in [5.41, 5.74) is 0.315. The minimum Gasteiger partial charge on any atom is -0.490 e. The summed E-state index contributed by atoms with van der Waals surface area (Å²) in [7, 11) is 0. The lowest BCUT2D eigenvalue weighted by atomic mass is 9.92. The van der Waals surface area contributed by atoms with Gasteiger partial charge in [-0.2, -0.15) is 0 Å². The predicted octanol–water partition coefficient (Wildman–Crippen LogP) is 3.63. The predicted molar refractivity (Wildman–Crippen MR) is 125 cm³/mol. The molecule has 8 nitrogen and oxygen atoms in total. The van der Waals surface area contributed by atoms with E-state index in [1.165, 1.54) is 0 Å². The Balaban J connectivity index is 1.33. The first-order valence-electron chi connectivity index (χ1n) is 11.5. The maximum absolute atomic E-state index is 13.3. The van der Waals surface area contributed by atoms with Crippen LogP contribution in [-0.2, 0) is 15.1 Å². The smallest absolute Gasteiger partial charge is 0.325 e. The Kier molecular flexibility index (Phi) is 5.85. The summed E-state index contributed by atoms with van der Waals surface area (Å²) in [4.78, 5) is 42.0. The number of likely N-dealkylation sites (tertiary alicyclic amines) is 1. The number of hydrogen-bond donors (Lipinski definition) is 1. The Bertz CT molecular complexity index is 1140. The standard InChI is InChI=1S/C25H26ClN3O5/c1-25(17-6-8-18(26)9-7-17)23(31)29(24(32)27-25)15-22(30)28-11-2-4-19(28)16-5-10-20-21(14-16)34-13-3-12-33-20/h5-10,14,19H,2-4,11-13,15H2,1H3,(H,27,32)/t19-,25-/m0/s1. The molecule has 0 radical (unpaired) electrons. The Morgan fingerprint density at radius 1 is 1.09 bits per heavy atom. The van der Waals surface area contributed by atoms with Gasteiger partial charge in [0, 0.05) is 18.0 Å². The number of imide groups is 1. The number of benzene rings is 2. The molecule has 0 aromatic heterocycles. The molecule has 34 heavy (non-hydrogen) atoms. The van der Waals surface area contributed by atoms with Crippen LogP contribution in [0.4, 0.5) is 4.79 Å². The van der Waals surface area contributed by atoms with Crippen molar-refractivity contribution in [3.8, 4) is 11.5 Å². The molecule has 5 rings (SSSR count). The number of halogens is 1. The second-order valence-electron chi connectivity index (χ2n) is 8.96. The van der Waals surface area contributed by atoms with E-state index in [1.807, 2.05) is 18.2 Å². The zero-order valence-electron chi connectivity index (χ0n) is 18.9. The zero-order chi connectivity index (χ0) is 23.9. The fraction of sp³-hybridized carbons (Fsp3) is 0.400. The van der Waals surface area contributed by atoms with Crippen molar-refractivity contribution >= 4 is 29.4 Å². The van der Waals surface area contributed by atoms with Gasteiger partial charge in [0.2, 0.25) is 5.91 Å². The van der Waals surface area contributed by atoms with Gasteiger partial charge in [-0.05, 0) is 55.2 Å². The lowest BCUT2D eigenvalue weighted by Gasteiger charge is -2.27. The van der Waals surface area contributed by atoms with Gasteiger partial charge in [0.05, 0.1) is 19.3 Å². The van der Waals surface area contributed by atoms with E-state index in [2.05, 4.69) is 5.32 Å². The second-order valence-corrected chi connectivity index (χ2v) is 9.39. The number of hydrogen-bond acceptors (Lipinski definition) is 5. The number of carbonyl (C=O) groups excluding carboxylic acids is 3. The number of carbonyl (C=O) groups is 3. The molecular formula is C25H26ClN3O5. The van der Waals surface area contributed by atoms with Crippen molar-refractivity contribution in [3.63, 3.8) is 0 Å². The molecule has 0 unspecified atom stereocenters. The van der Waals surface area contributed by atoms with Gasteiger partial charge in [0.25, 0.3) is 5.91 Å². The molecule has 0 bridgehead atoms. The summed E-state index contributed by atoms with van der Waals surface area (Å²) < 4.78 is 11.5. The molecule has 0 saturated carbocycles. The van der Waals surface area contributed by atoms with Crippen LogP contribution in [0.5, 0.6) is 11.5 Å². The van der Waals surface area contributed by atoms with Crippen LogP contribution >= 0.6 is 11.6 Å². The van der Waals surface area contributed by atoms with Crippen molar-refractivity contribution in [2.75, 3.05) is 26.3 Å². The van der Waals surface area contributed by atoms with E-state index in [0.29, 0.717) is 41.8 Å². The summed E-state index contributed by atoms with van der Waals surface area (Å²) in [5, 5.41) is 3.27. The molecule has 1 N–H and O–H groups in total. The van der Waals surface area contributed by atoms with Gasteiger partial charge in [-0.3, -0.25) is 14.5 Å². The molecule has 4 amide bonds. The minimum atomic E-state index is -1.25. The maximum Gasteiger partial charge on any atom is 0.325 e. The molecule has 2 aromatic rings. The van der Waals surface area contributed by atoms with Crippen LogP contribution in [0.15, 0.2) is 42.5 Å². The summed E-state index contributed by atoms with van der Waals surface area (Å²) in [6.07, 6.45) is 2.46. The Morgan fingerprint density at radius 3 is 2.59 bits per heavy atom. The van der Waals surface area contributed by atoms with Gasteiger partial charge < -0.3 is 19.7 Å². The van der Waals surface area contributed by atoms with Crippen molar-refractivity contribution in [1.29, 1.82) is 0 Å². The highest BCUT2D eigenvalue weighted by Gasteiger charge is 2.50. The third-order valence-corrected chi connectivity index (χ3v) is 6.97. The van der Waals surface area contributed by atoms with Crippen molar-refractivity contribution in [2.24, 2.45) is 0 Å². The quantitative estimate of drug-likeness (QED) is 0.671. The molecule has 2 fully saturated rings. The first-order valence-corrected chi connectivity index (χ1v) is 11.8. The molecule has 178 valence electrons. The number of nitrogens with one attached hydrogen (secondary N) is 1. The summed E-state index contributed by atoms with van der Waals surface area (Å²) in [6, 6.07) is 11.8. The topological polar surface area (TPSA) is 88.2 Å². The molecule has 2 aromatic carbocycles. The Labute approximate surface area is 202 Å². The van der Waals surface area contributed by atoms with Crippen LogP contribution in [-0.4, -0.2) is 53.9 Å². The fourth-order valence-electron chi connectivity index (χ4n) is 4.84. The third kappa shape index (κ3) is 3.96. The van der Waals surface area contributed by atoms with Gasteiger partial charge in [-0.25, -0.2) is 4.79 Å². The maximum atomic E-state index is 13.3. The van der Waals surface area contributed by atoms with Crippen molar-refractivity contribution in [2.45, 2.75) is 37.8 Å². The van der Waals surface area contributed by atoms with E-state index >= 15 is 0 Å². The molecule has 2 atom stereocenters. The van der Waals surface area contributed by atoms with Crippen LogP contribution < -0.4 is 14.8 Å². The summed E-state index contributed by atoms with van der Waals surface area (Å²) in [6.45, 7) is 3.09. The molecular weight excluding hydrogens is 458 g/mol. The monoisotopic (exact) mass is 483 g/mol. The van der Waals surface area contributed by atoms with Crippen molar-refractivity contribution in [1.82, 2.24) is 15.1 Å². The molecule has 3 heterocycles. The van der Waals surface area contributed by atoms with Gasteiger partial charge in [-0.1, -0.05) is 29.8 Å². The number of nitrogens with zero attached hydrogens (tertiary/aromatic N) is 2. The Hall–Kier alpha value is -3.26. The number of ether oxygens (including phenoxy) is 2. The molecule has 9 heteroatoms. The number of rotatable bonds is 4. The number of urea groups is 1. The minimum absolute atomic E-state index is 0.145. The number of fused-ring (bicyclic) bond motifs is 1. The van der Waals surface area contributed by atoms with Gasteiger partial charge in [-0.15, -0.1) is 0 Å². The number of amides is 4. The molecule has 3 aliphatic heterocycles. The highest BCUT2D eigenvalue weighted by atomic mass is 35.5. The van der Waals surface area contributed by atoms with E-state index in [-0.39, 0.29) is 18.5 Å². The SMILES string of the molecule is C[C@@]1(c2ccc(Cl)cc2)NC(=O)N(CC(=O)N2CCC[C@H]2c2ccc3c(c2)OCCCO3)C1=O. The summed E-state index contributed by atoms with van der Waals surface area (Å²) in [5.74, 6) is 0.665. The van der Waals surface area contributed by atoms with Crippen LogP contribution in [0.2, 0.25) is 5.02 Å². The lowest BCUT2D eigenvalue weighted by molar-refractivity contribution is -0.139. The van der Waals surface area contributed by atoms with Gasteiger partial charge >= 0.3 is 6.03 Å². The van der Waals surface area contributed by atoms with Gasteiger partial charge in [0.15, 0.2) is 11.5 Å². The van der Waals surface area contributed by atoms with Crippen LogP contribution in [0.25, 0.3) is 0 Å². The first-order chi connectivity index (χ1) is 16.4. The van der Waals surface area contributed by atoms with Crippen LogP contribution in [0.3, 0.4) is 0 Å². The largest absolute Gasteiger partial charge is 0.490 e. The van der Waals surface area contributed by atoms with Crippen molar-refractivity contribution in [3.05, 3.63) is 58.6 Å². The van der Waals surface area contributed by atoms with E-state index in [4.69, 9.17) is 21.1 Å². The van der Waals surface area contributed by atoms with E-state index in [0.717, 1.165) is 29.7 Å². The summed E-state index contributed by atoms with van der Waals surface area (Å²) >= 11 is 5.96. The average Bonchev–Trinajstić information content (AvgIpc) is 3.30. The third-order valence-electron chi connectivity index (χ3n) is 6.72. The van der Waals surface area contributed by atoms with Crippen LogP contribution in [0, 0.1) is 0 Å². The average molecular weight is 484 g/mol. The van der Waals surface area contributed by atoms with Crippen molar-refractivity contribution < 1.29 is 23.9 Å². The van der Waals surface area contributed by atoms with E-state index in [1.54, 1.807) is 36.1 Å². The highest BCUT2D eigenvalue weighted by molar-refractivity contribution is 6.30. The molecule has 3 aliphatic rings. The Morgan fingerprint density at radius 2 is 1.82 bits per heavy atom. The molecule has 0 aliphatic carbocycles. The molecule has 0 spiro atoms. The van der Waals surface area contributed by atoms with Gasteiger partial charge in [0.1, 0.15) is 12.1 Å². The highest BCUT2D eigenvalue weighted by Crippen LogP contribution is 2.38. The lowest BCUT2D eigenvalue weighted by Crippen LogP contribution is -2.44. The first kappa shape index (κ1) is 22.5. The normalized spacial score (nSPS) is 24.2. The fourth-order valence-corrected chi connectivity index (χ4v) is 4.97. The second kappa shape index (κ2) is 8.83. The van der Waals surface area contributed by atoms with E-state index in [9.17, 15) is 14.4 Å².